The molecule has 116 valence electrons. The number of amides is 1. The number of hydrogen-bond donors (Lipinski definition) is 2. The monoisotopic (exact) mass is 304 g/mol. The largest absolute Gasteiger partial charge is 0.480 e. The molecule has 0 bridgehead atoms. The van der Waals surface area contributed by atoms with Gasteiger partial charge in [0.25, 0.3) is 5.91 Å². The van der Waals surface area contributed by atoms with Crippen LogP contribution in [0.4, 0.5) is 5.69 Å². The van der Waals surface area contributed by atoms with Crippen LogP contribution in [0, 0.1) is 0 Å². The molecule has 1 aliphatic rings. The lowest BCUT2D eigenvalue weighted by atomic mass is 10.2. The summed E-state index contributed by atoms with van der Waals surface area (Å²) in [5.41, 5.74) is 1.44. The maximum atomic E-state index is 12.1. The second-order valence-electron chi connectivity index (χ2n) is 5.03. The Morgan fingerprint density at radius 3 is 2.91 bits per heavy atom. The Morgan fingerprint density at radius 2 is 2.18 bits per heavy atom. The second-order valence-corrected chi connectivity index (χ2v) is 5.03. The Bertz CT molecular complexity index is 703. The van der Waals surface area contributed by atoms with Crippen LogP contribution in [0.25, 0.3) is 10.9 Å². The molecule has 1 atom stereocenters. The molecular formula is C15H16N2O5. The van der Waals surface area contributed by atoms with Crippen molar-refractivity contribution in [2.75, 3.05) is 25.1 Å². The normalized spacial score (nSPS) is 18.3. The number of nitrogens with one attached hydrogen (secondary N) is 1. The van der Waals surface area contributed by atoms with Gasteiger partial charge < -0.3 is 24.5 Å². The van der Waals surface area contributed by atoms with Gasteiger partial charge in [0.05, 0.1) is 19.8 Å². The zero-order chi connectivity index (χ0) is 15.5. The molecule has 1 aromatic heterocycles. The number of anilines is 1. The highest BCUT2D eigenvalue weighted by atomic mass is 16.6. The Morgan fingerprint density at radius 1 is 1.32 bits per heavy atom. The number of carbonyl (C=O) groups is 2. The van der Waals surface area contributed by atoms with Crippen molar-refractivity contribution < 1.29 is 24.2 Å². The molecule has 1 unspecified atom stereocenters. The van der Waals surface area contributed by atoms with Crippen molar-refractivity contribution in [2.45, 2.75) is 12.6 Å². The van der Waals surface area contributed by atoms with Crippen LogP contribution in [0.3, 0.4) is 0 Å². The van der Waals surface area contributed by atoms with E-state index >= 15 is 0 Å². The van der Waals surface area contributed by atoms with Gasteiger partial charge in [-0.15, -0.1) is 0 Å². The van der Waals surface area contributed by atoms with Crippen LogP contribution in [0.5, 0.6) is 0 Å². The molecule has 2 N–H and O–H groups in total. The molecule has 0 aliphatic carbocycles. The minimum absolute atomic E-state index is 0.0948. The van der Waals surface area contributed by atoms with E-state index in [2.05, 4.69) is 5.32 Å². The van der Waals surface area contributed by atoms with Gasteiger partial charge in [-0.25, -0.2) is 0 Å². The molecule has 7 heteroatoms. The van der Waals surface area contributed by atoms with E-state index in [9.17, 15) is 9.59 Å². The number of carbonyl (C=O) groups excluding carboxylic acids is 1. The summed E-state index contributed by atoms with van der Waals surface area (Å²) < 4.78 is 12.2. The summed E-state index contributed by atoms with van der Waals surface area (Å²) in [6.07, 6.45) is 1.11. The van der Waals surface area contributed by atoms with Gasteiger partial charge in [-0.3, -0.25) is 9.59 Å². The van der Waals surface area contributed by atoms with E-state index in [0.717, 1.165) is 10.9 Å². The number of carboxylic acids is 1. The number of fused-ring (bicyclic) bond motifs is 1. The van der Waals surface area contributed by atoms with Gasteiger partial charge in [-0.05, 0) is 24.3 Å². The number of benzene rings is 1. The van der Waals surface area contributed by atoms with E-state index in [-0.39, 0.29) is 19.1 Å². The number of ether oxygens (including phenoxy) is 2. The third kappa shape index (κ3) is 3.10. The lowest BCUT2D eigenvalue weighted by Crippen LogP contribution is -2.39. The van der Waals surface area contributed by atoms with Gasteiger partial charge >= 0.3 is 5.97 Å². The van der Waals surface area contributed by atoms with Crippen molar-refractivity contribution in [1.29, 1.82) is 0 Å². The van der Waals surface area contributed by atoms with Crippen LogP contribution < -0.4 is 5.32 Å². The Hall–Kier alpha value is -2.38. The van der Waals surface area contributed by atoms with E-state index in [1.807, 2.05) is 6.07 Å². The molecule has 1 fully saturated rings. The fraction of sp³-hybridized carbons (Fsp3) is 0.333. The summed E-state index contributed by atoms with van der Waals surface area (Å²) in [4.78, 5) is 22.8. The van der Waals surface area contributed by atoms with Gasteiger partial charge in [0.2, 0.25) is 0 Å². The van der Waals surface area contributed by atoms with E-state index in [1.54, 1.807) is 29.0 Å². The SMILES string of the molecule is O=C(O)Cn1ccc2cc(NC(=O)C3COCCO3)ccc21. The molecule has 1 aliphatic heterocycles. The zero-order valence-electron chi connectivity index (χ0n) is 11.8. The Labute approximate surface area is 126 Å². The standard InChI is InChI=1S/C15H16N2O5/c18-14(19)8-17-4-3-10-7-11(1-2-12(10)17)16-15(20)13-9-21-5-6-22-13/h1-4,7,13H,5-6,8-9H2,(H,16,20)(H,18,19). The minimum atomic E-state index is -0.899. The average molecular weight is 304 g/mol. The van der Waals surface area contributed by atoms with Gasteiger partial charge in [0.1, 0.15) is 6.54 Å². The maximum absolute atomic E-state index is 12.1. The van der Waals surface area contributed by atoms with Crippen molar-refractivity contribution in [1.82, 2.24) is 4.57 Å². The molecule has 7 nitrogen and oxygen atoms in total. The molecule has 0 saturated carbocycles. The first-order valence-electron chi connectivity index (χ1n) is 6.94. The summed E-state index contributed by atoms with van der Waals surface area (Å²) in [6, 6.07) is 7.14. The van der Waals surface area contributed by atoms with Gasteiger partial charge in [0.15, 0.2) is 6.10 Å². The zero-order valence-corrected chi connectivity index (χ0v) is 11.8. The molecule has 2 aromatic rings. The number of carboxylic acid groups (broad SMARTS) is 1. The fourth-order valence-corrected chi connectivity index (χ4v) is 2.42. The molecule has 22 heavy (non-hydrogen) atoms. The summed E-state index contributed by atoms with van der Waals surface area (Å²) in [6.45, 7) is 1.08. The van der Waals surface area contributed by atoms with Crippen molar-refractivity contribution in [3.8, 4) is 0 Å². The van der Waals surface area contributed by atoms with Crippen LogP contribution >= 0.6 is 0 Å². The van der Waals surface area contributed by atoms with Crippen LogP contribution in [0.2, 0.25) is 0 Å². The molecular weight excluding hydrogens is 288 g/mol. The number of nitrogens with zero attached hydrogens (tertiary/aromatic N) is 1. The lowest BCUT2D eigenvalue weighted by molar-refractivity contribution is -0.142. The predicted molar refractivity (Wildman–Crippen MR) is 78.8 cm³/mol. The van der Waals surface area contributed by atoms with Crippen LogP contribution in [0.1, 0.15) is 0 Å². The minimum Gasteiger partial charge on any atom is -0.480 e. The van der Waals surface area contributed by atoms with Crippen LogP contribution in [-0.4, -0.2) is 47.5 Å². The fourth-order valence-electron chi connectivity index (χ4n) is 2.42. The summed E-state index contributed by atoms with van der Waals surface area (Å²) in [5, 5.41) is 12.5. The Kier molecular flexibility index (Phi) is 4.08. The molecule has 2 heterocycles. The smallest absolute Gasteiger partial charge is 0.323 e. The van der Waals surface area contributed by atoms with E-state index in [1.165, 1.54) is 0 Å². The van der Waals surface area contributed by atoms with E-state index in [0.29, 0.717) is 18.9 Å². The molecule has 1 amide bonds. The highest BCUT2D eigenvalue weighted by Crippen LogP contribution is 2.21. The molecule has 0 radical (unpaired) electrons. The van der Waals surface area contributed by atoms with Gasteiger partial charge in [-0.1, -0.05) is 0 Å². The van der Waals surface area contributed by atoms with Crippen molar-refractivity contribution in [2.24, 2.45) is 0 Å². The third-order valence-electron chi connectivity index (χ3n) is 3.45. The number of hydrogen-bond acceptors (Lipinski definition) is 4. The molecule has 1 saturated heterocycles. The van der Waals surface area contributed by atoms with E-state index < -0.39 is 12.1 Å². The van der Waals surface area contributed by atoms with Gasteiger partial charge in [0, 0.05) is 22.8 Å². The highest BCUT2D eigenvalue weighted by molar-refractivity contribution is 5.96. The van der Waals surface area contributed by atoms with E-state index in [4.69, 9.17) is 14.6 Å². The second kappa shape index (κ2) is 6.17. The van der Waals surface area contributed by atoms with Gasteiger partial charge in [-0.2, -0.15) is 0 Å². The predicted octanol–water partition coefficient (Wildman–Crippen LogP) is 1.08. The summed E-state index contributed by atoms with van der Waals surface area (Å²) >= 11 is 0. The quantitative estimate of drug-likeness (QED) is 0.882. The average Bonchev–Trinajstić information content (AvgIpc) is 2.90. The molecule has 1 aromatic carbocycles. The number of rotatable bonds is 4. The van der Waals surface area contributed by atoms with Crippen molar-refractivity contribution >= 4 is 28.5 Å². The Balaban J connectivity index is 1.74. The molecule has 3 rings (SSSR count). The summed E-state index contributed by atoms with van der Waals surface area (Å²) in [7, 11) is 0. The number of aliphatic carboxylic acids is 1. The maximum Gasteiger partial charge on any atom is 0.323 e. The van der Waals surface area contributed by atoms with Crippen LogP contribution in [-0.2, 0) is 25.6 Å². The van der Waals surface area contributed by atoms with Crippen molar-refractivity contribution in [3.63, 3.8) is 0 Å². The third-order valence-corrected chi connectivity index (χ3v) is 3.45. The first kappa shape index (κ1) is 14.6. The molecule has 0 spiro atoms. The lowest BCUT2D eigenvalue weighted by Gasteiger charge is -2.22. The first-order valence-corrected chi connectivity index (χ1v) is 6.94. The number of aromatic nitrogens is 1. The topological polar surface area (TPSA) is 89.8 Å². The first-order chi connectivity index (χ1) is 10.6. The van der Waals surface area contributed by atoms with Crippen molar-refractivity contribution in [3.05, 3.63) is 30.5 Å². The summed E-state index contributed by atoms with van der Waals surface area (Å²) in [5.74, 6) is -1.15. The van der Waals surface area contributed by atoms with Crippen LogP contribution in [0.15, 0.2) is 30.5 Å². The highest BCUT2D eigenvalue weighted by Gasteiger charge is 2.22.